The lowest BCUT2D eigenvalue weighted by molar-refractivity contribution is 0.0933. The van der Waals surface area contributed by atoms with Crippen LogP contribution in [0.1, 0.15) is 21.5 Å². The lowest BCUT2D eigenvalue weighted by Gasteiger charge is -2.13. The Balaban J connectivity index is 2.46. The molecule has 1 aromatic heterocycles. The summed E-state index contributed by atoms with van der Waals surface area (Å²) in [5.41, 5.74) is 3.32. The molecular weight excluding hydrogens is 269 g/mol. The second-order valence-corrected chi connectivity index (χ2v) is 5.57. The van der Waals surface area contributed by atoms with E-state index in [1.54, 1.807) is 12.1 Å². The highest BCUT2D eigenvalue weighted by atomic mass is 19.1. The van der Waals surface area contributed by atoms with Gasteiger partial charge in [-0.15, -0.1) is 0 Å². The molecule has 0 atom stereocenters. The van der Waals surface area contributed by atoms with Crippen molar-refractivity contribution in [2.75, 3.05) is 0 Å². The molecule has 0 N–H and O–H groups in total. The summed E-state index contributed by atoms with van der Waals surface area (Å²) >= 11 is 0. The van der Waals surface area contributed by atoms with Gasteiger partial charge in [-0.25, -0.2) is 4.39 Å². The Labute approximate surface area is 119 Å². The molecule has 104 valence electrons. The third kappa shape index (κ3) is 1.37. The molecule has 3 aromatic rings. The number of benzene rings is 2. The van der Waals surface area contributed by atoms with Crippen LogP contribution in [0.3, 0.4) is 0 Å². The van der Waals surface area contributed by atoms with Gasteiger partial charge in [0.15, 0.2) is 5.43 Å². The number of rotatable bonds is 0. The number of aryl methyl sites for hydroxylation is 2. The number of hydrogen-bond acceptors (Lipinski definition) is 2. The zero-order chi connectivity index (χ0) is 14.9. The van der Waals surface area contributed by atoms with Crippen LogP contribution in [0, 0.1) is 19.7 Å². The van der Waals surface area contributed by atoms with Gasteiger partial charge in [-0.05, 0) is 42.7 Å². The van der Waals surface area contributed by atoms with Gasteiger partial charge in [0, 0.05) is 5.39 Å². The molecule has 2 heterocycles. The van der Waals surface area contributed by atoms with E-state index in [9.17, 15) is 14.0 Å². The summed E-state index contributed by atoms with van der Waals surface area (Å²) in [4.78, 5) is 25.0. The van der Waals surface area contributed by atoms with Crippen LogP contribution in [0.15, 0.2) is 29.1 Å². The van der Waals surface area contributed by atoms with Gasteiger partial charge >= 0.3 is 0 Å². The van der Waals surface area contributed by atoms with Crippen molar-refractivity contribution in [1.82, 2.24) is 4.57 Å². The second kappa shape index (κ2) is 3.79. The summed E-state index contributed by atoms with van der Waals surface area (Å²) in [6.45, 7) is 3.82. The van der Waals surface area contributed by atoms with Crippen molar-refractivity contribution in [3.63, 3.8) is 0 Å². The third-order valence-electron chi connectivity index (χ3n) is 4.42. The first-order valence-electron chi connectivity index (χ1n) is 6.80. The molecule has 1 aliphatic heterocycles. The maximum atomic E-state index is 14.1. The van der Waals surface area contributed by atoms with E-state index in [0.717, 1.165) is 16.7 Å². The first kappa shape index (κ1) is 12.3. The minimum Gasteiger partial charge on any atom is -0.288 e. The van der Waals surface area contributed by atoms with Gasteiger partial charge in [-0.1, -0.05) is 12.1 Å². The number of carbonyl (C=O) groups is 1. The fourth-order valence-electron chi connectivity index (χ4n) is 3.23. The Bertz CT molecular complexity index is 1030. The van der Waals surface area contributed by atoms with E-state index in [1.807, 2.05) is 19.9 Å². The van der Waals surface area contributed by atoms with Crippen LogP contribution in [0.4, 0.5) is 4.39 Å². The highest BCUT2D eigenvalue weighted by Gasteiger charge is 2.27. The average molecular weight is 281 g/mol. The molecule has 0 fully saturated rings. The van der Waals surface area contributed by atoms with E-state index in [0.29, 0.717) is 16.4 Å². The molecule has 0 spiro atoms. The minimum absolute atomic E-state index is 0.0223. The fraction of sp³-hybridized carbons (Fsp3) is 0.176. The molecule has 0 unspecified atom stereocenters. The zero-order valence-electron chi connectivity index (χ0n) is 11.7. The Morgan fingerprint density at radius 2 is 1.81 bits per heavy atom. The quantitative estimate of drug-likeness (QED) is 0.594. The van der Waals surface area contributed by atoms with Crippen molar-refractivity contribution in [3.05, 3.63) is 57.0 Å². The number of aromatic nitrogens is 1. The maximum Gasteiger partial charge on any atom is 0.236 e. The predicted molar refractivity (Wildman–Crippen MR) is 79.5 cm³/mol. The topological polar surface area (TPSA) is 39.1 Å². The standard InChI is InChI=1S/C17H12FNO2/c1-8-3-5-11-15(9(8)2)19-13(20)7-10-4-6-12(18)14(16(10)19)17(11)21/h3-6H,7H2,1-2H3. The van der Waals surface area contributed by atoms with Crippen LogP contribution in [-0.2, 0) is 6.42 Å². The number of pyridine rings is 1. The number of fused-ring (bicyclic) bond motifs is 2. The largest absolute Gasteiger partial charge is 0.288 e. The van der Waals surface area contributed by atoms with Gasteiger partial charge < -0.3 is 0 Å². The summed E-state index contributed by atoms with van der Waals surface area (Å²) in [7, 11) is 0. The number of halogens is 1. The zero-order valence-corrected chi connectivity index (χ0v) is 11.7. The SMILES string of the molecule is Cc1ccc2c(=O)c3c(F)ccc4c3n(c2c1C)C(=O)C4. The Hall–Kier alpha value is -2.49. The molecule has 21 heavy (non-hydrogen) atoms. The summed E-state index contributed by atoms with van der Waals surface area (Å²) in [5.74, 6) is -0.679. The molecule has 0 radical (unpaired) electrons. The molecule has 3 nitrogen and oxygen atoms in total. The maximum absolute atomic E-state index is 14.1. The number of hydrogen-bond donors (Lipinski definition) is 0. The van der Waals surface area contributed by atoms with E-state index in [2.05, 4.69) is 0 Å². The van der Waals surface area contributed by atoms with Gasteiger partial charge in [0.1, 0.15) is 5.82 Å². The molecule has 2 aromatic carbocycles. The van der Waals surface area contributed by atoms with Crippen molar-refractivity contribution >= 4 is 27.7 Å². The highest BCUT2D eigenvalue weighted by Crippen LogP contribution is 2.31. The lowest BCUT2D eigenvalue weighted by atomic mass is 10.0. The molecule has 0 bridgehead atoms. The molecule has 1 aliphatic rings. The monoisotopic (exact) mass is 281 g/mol. The van der Waals surface area contributed by atoms with E-state index in [-0.39, 0.29) is 23.1 Å². The first-order valence-corrected chi connectivity index (χ1v) is 6.80. The van der Waals surface area contributed by atoms with Crippen LogP contribution < -0.4 is 5.43 Å². The smallest absolute Gasteiger partial charge is 0.236 e. The summed E-state index contributed by atoms with van der Waals surface area (Å²) in [6, 6.07) is 6.38. The molecule has 0 amide bonds. The third-order valence-corrected chi connectivity index (χ3v) is 4.42. The van der Waals surface area contributed by atoms with Crippen molar-refractivity contribution in [1.29, 1.82) is 0 Å². The van der Waals surface area contributed by atoms with Gasteiger partial charge in [-0.3, -0.25) is 14.2 Å². The highest BCUT2D eigenvalue weighted by molar-refractivity contribution is 6.09. The minimum atomic E-state index is -0.567. The van der Waals surface area contributed by atoms with Gasteiger partial charge in [0.05, 0.1) is 22.8 Å². The van der Waals surface area contributed by atoms with E-state index in [1.165, 1.54) is 10.6 Å². The fourth-order valence-corrected chi connectivity index (χ4v) is 3.23. The summed E-state index contributed by atoms with van der Waals surface area (Å²) < 4.78 is 15.7. The number of carbonyl (C=O) groups excluding carboxylic acids is 1. The van der Waals surface area contributed by atoms with Crippen molar-refractivity contribution in [2.24, 2.45) is 0 Å². The molecular formula is C17H12FNO2. The molecule has 4 rings (SSSR count). The molecule has 0 saturated carbocycles. The van der Waals surface area contributed by atoms with Gasteiger partial charge in [0.25, 0.3) is 0 Å². The average Bonchev–Trinajstić information content (AvgIpc) is 2.77. The Kier molecular flexibility index (Phi) is 2.21. The van der Waals surface area contributed by atoms with Crippen molar-refractivity contribution in [3.8, 4) is 0 Å². The van der Waals surface area contributed by atoms with Gasteiger partial charge in [0.2, 0.25) is 5.91 Å². The van der Waals surface area contributed by atoms with E-state index >= 15 is 0 Å². The molecule has 0 aliphatic carbocycles. The summed E-state index contributed by atoms with van der Waals surface area (Å²) in [6.07, 6.45) is 0.211. The van der Waals surface area contributed by atoms with Crippen LogP contribution in [0.2, 0.25) is 0 Å². The van der Waals surface area contributed by atoms with Crippen LogP contribution in [0.5, 0.6) is 0 Å². The molecule has 4 heteroatoms. The van der Waals surface area contributed by atoms with Gasteiger partial charge in [-0.2, -0.15) is 0 Å². The normalized spacial score (nSPS) is 13.6. The van der Waals surface area contributed by atoms with Crippen molar-refractivity contribution < 1.29 is 9.18 Å². The Morgan fingerprint density at radius 1 is 1.05 bits per heavy atom. The van der Waals surface area contributed by atoms with Crippen molar-refractivity contribution in [2.45, 2.75) is 20.3 Å². The Morgan fingerprint density at radius 3 is 2.57 bits per heavy atom. The van der Waals surface area contributed by atoms with Crippen LogP contribution in [-0.4, -0.2) is 10.5 Å². The second-order valence-electron chi connectivity index (χ2n) is 5.57. The summed E-state index contributed by atoms with van der Waals surface area (Å²) in [5, 5.41) is 0.422. The first-order chi connectivity index (χ1) is 10.0. The lowest BCUT2D eigenvalue weighted by Crippen LogP contribution is -2.15. The predicted octanol–water partition coefficient (Wildman–Crippen LogP) is 3.11. The van der Waals surface area contributed by atoms with Crippen LogP contribution >= 0.6 is 0 Å². The van der Waals surface area contributed by atoms with E-state index in [4.69, 9.17) is 0 Å². The number of nitrogens with zero attached hydrogens (tertiary/aromatic N) is 1. The molecule has 0 saturated heterocycles. The van der Waals surface area contributed by atoms with Crippen LogP contribution in [0.25, 0.3) is 21.8 Å². The van der Waals surface area contributed by atoms with E-state index < -0.39 is 5.82 Å².